The highest BCUT2D eigenvalue weighted by atomic mass is 19.1. The zero-order chi connectivity index (χ0) is 13.9. The molecule has 0 saturated carbocycles. The van der Waals surface area contributed by atoms with E-state index in [1.807, 2.05) is 4.90 Å². The maximum absolute atomic E-state index is 12.9. The standard InChI is InChI=1S/C14H15FN4O/c15-12-3-1-11(2-4-12)13-5-8-19(13)14(20)6-7-18-10-16-9-17-18/h1-4,9-10,13H,5-8H2. The lowest BCUT2D eigenvalue weighted by atomic mass is 9.94. The molecule has 0 bridgehead atoms. The topological polar surface area (TPSA) is 51.0 Å². The van der Waals surface area contributed by atoms with Crippen LogP contribution in [0.2, 0.25) is 0 Å². The Morgan fingerprint density at radius 2 is 2.15 bits per heavy atom. The lowest BCUT2D eigenvalue weighted by Gasteiger charge is -2.41. The molecule has 6 heteroatoms. The van der Waals surface area contributed by atoms with Gasteiger partial charge in [0.15, 0.2) is 0 Å². The summed E-state index contributed by atoms with van der Waals surface area (Å²) in [4.78, 5) is 17.8. The molecule has 2 heterocycles. The second kappa shape index (κ2) is 5.40. The highest BCUT2D eigenvalue weighted by Crippen LogP contribution is 2.33. The minimum atomic E-state index is -0.253. The van der Waals surface area contributed by atoms with Gasteiger partial charge in [-0.05, 0) is 24.1 Å². The fourth-order valence-corrected chi connectivity index (χ4v) is 2.42. The Hall–Kier alpha value is -2.24. The van der Waals surface area contributed by atoms with Gasteiger partial charge >= 0.3 is 0 Å². The van der Waals surface area contributed by atoms with Gasteiger partial charge in [-0.2, -0.15) is 5.10 Å². The van der Waals surface area contributed by atoms with E-state index in [1.54, 1.807) is 23.1 Å². The molecule has 1 saturated heterocycles. The van der Waals surface area contributed by atoms with Crippen molar-refractivity contribution < 1.29 is 9.18 Å². The van der Waals surface area contributed by atoms with Crippen LogP contribution in [0.5, 0.6) is 0 Å². The summed E-state index contributed by atoms with van der Waals surface area (Å²) in [5.41, 5.74) is 0.992. The summed E-state index contributed by atoms with van der Waals surface area (Å²) in [5.74, 6) is -0.154. The van der Waals surface area contributed by atoms with Crippen LogP contribution in [0.15, 0.2) is 36.9 Å². The lowest BCUT2D eigenvalue weighted by molar-refractivity contribution is -0.139. The second-order valence-electron chi connectivity index (χ2n) is 4.85. The Morgan fingerprint density at radius 1 is 1.35 bits per heavy atom. The third-order valence-corrected chi connectivity index (χ3v) is 3.62. The number of benzene rings is 1. The maximum atomic E-state index is 12.9. The Labute approximate surface area is 116 Å². The molecule has 1 unspecified atom stereocenters. The van der Waals surface area contributed by atoms with E-state index in [0.717, 1.165) is 18.5 Å². The average molecular weight is 274 g/mol. The predicted molar refractivity (Wildman–Crippen MR) is 70.1 cm³/mol. The van der Waals surface area contributed by atoms with Crippen LogP contribution in [0.4, 0.5) is 4.39 Å². The van der Waals surface area contributed by atoms with Gasteiger partial charge in [0, 0.05) is 13.0 Å². The van der Waals surface area contributed by atoms with Gasteiger partial charge in [0.25, 0.3) is 0 Å². The molecule has 3 rings (SSSR count). The first-order valence-corrected chi connectivity index (χ1v) is 6.61. The summed E-state index contributed by atoms with van der Waals surface area (Å²) in [6.45, 7) is 1.30. The van der Waals surface area contributed by atoms with E-state index < -0.39 is 0 Å². The third kappa shape index (κ3) is 2.54. The molecule has 1 atom stereocenters. The van der Waals surface area contributed by atoms with Crippen LogP contribution >= 0.6 is 0 Å². The molecule has 1 aromatic carbocycles. The van der Waals surface area contributed by atoms with Crippen molar-refractivity contribution >= 4 is 5.91 Å². The maximum Gasteiger partial charge on any atom is 0.224 e. The van der Waals surface area contributed by atoms with E-state index >= 15 is 0 Å². The number of halogens is 1. The zero-order valence-corrected chi connectivity index (χ0v) is 10.9. The van der Waals surface area contributed by atoms with Crippen LogP contribution in [0.25, 0.3) is 0 Å². The van der Waals surface area contributed by atoms with Gasteiger partial charge in [-0.3, -0.25) is 9.48 Å². The molecular formula is C14H15FN4O. The van der Waals surface area contributed by atoms with Crippen molar-refractivity contribution in [2.45, 2.75) is 25.4 Å². The van der Waals surface area contributed by atoms with E-state index in [-0.39, 0.29) is 17.8 Å². The highest BCUT2D eigenvalue weighted by molar-refractivity contribution is 5.77. The fraction of sp³-hybridized carbons (Fsp3) is 0.357. The first kappa shape index (κ1) is 12.8. The van der Waals surface area contributed by atoms with Crippen molar-refractivity contribution in [1.29, 1.82) is 0 Å². The smallest absolute Gasteiger partial charge is 0.224 e. The first-order valence-electron chi connectivity index (χ1n) is 6.61. The number of hydrogen-bond donors (Lipinski definition) is 0. The van der Waals surface area contributed by atoms with Crippen molar-refractivity contribution in [2.24, 2.45) is 0 Å². The number of carbonyl (C=O) groups is 1. The van der Waals surface area contributed by atoms with E-state index in [9.17, 15) is 9.18 Å². The zero-order valence-electron chi connectivity index (χ0n) is 10.9. The van der Waals surface area contributed by atoms with Gasteiger partial charge in [-0.25, -0.2) is 9.37 Å². The second-order valence-corrected chi connectivity index (χ2v) is 4.85. The number of hydrogen-bond acceptors (Lipinski definition) is 3. The number of aromatic nitrogens is 3. The van der Waals surface area contributed by atoms with Crippen LogP contribution in [0, 0.1) is 5.82 Å². The Morgan fingerprint density at radius 3 is 2.75 bits per heavy atom. The van der Waals surface area contributed by atoms with Crippen LogP contribution in [0.1, 0.15) is 24.4 Å². The minimum absolute atomic E-state index is 0.0823. The van der Waals surface area contributed by atoms with E-state index in [2.05, 4.69) is 10.1 Å². The monoisotopic (exact) mass is 274 g/mol. The first-order chi connectivity index (χ1) is 9.74. The SMILES string of the molecule is O=C(CCn1cncn1)N1CCC1c1ccc(F)cc1. The molecule has 1 fully saturated rings. The molecule has 0 aliphatic carbocycles. The normalized spacial score (nSPS) is 17.9. The number of rotatable bonds is 4. The van der Waals surface area contributed by atoms with Gasteiger partial charge in [-0.1, -0.05) is 12.1 Å². The number of amides is 1. The Balaban J connectivity index is 1.59. The molecule has 5 nitrogen and oxygen atoms in total. The van der Waals surface area contributed by atoms with Crippen molar-refractivity contribution in [3.8, 4) is 0 Å². The van der Waals surface area contributed by atoms with E-state index in [1.165, 1.54) is 18.5 Å². The van der Waals surface area contributed by atoms with Gasteiger partial charge in [0.05, 0.1) is 12.6 Å². The summed E-state index contributed by atoms with van der Waals surface area (Å²) in [7, 11) is 0. The van der Waals surface area contributed by atoms with Crippen molar-refractivity contribution in [1.82, 2.24) is 19.7 Å². The van der Waals surface area contributed by atoms with Gasteiger partial charge in [-0.15, -0.1) is 0 Å². The molecule has 104 valence electrons. The van der Waals surface area contributed by atoms with Crippen LogP contribution < -0.4 is 0 Å². The summed E-state index contributed by atoms with van der Waals surface area (Å²) in [6.07, 6.45) is 4.39. The van der Waals surface area contributed by atoms with Gasteiger partial charge in [0.2, 0.25) is 5.91 Å². The average Bonchev–Trinajstić information content (AvgIpc) is 2.91. The molecule has 1 aromatic heterocycles. The predicted octanol–water partition coefficient (Wildman–Crippen LogP) is 1.78. The molecular weight excluding hydrogens is 259 g/mol. The number of nitrogens with zero attached hydrogens (tertiary/aromatic N) is 4. The van der Waals surface area contributed by atoms with Crippen molar-refractivity contribution in [2.75, 3.05) is 6.54 Å². The summed E-state index contributed by atoms with van der Waals surface area (Å²) in [6, 6.07) is 6.45. The molecule has 1 aliphatic heterocycles. The molecule has 20 heavy (non-hydrogen) atoms. The Kier molecular flexibility index (Phi) is 3.45. The van der Waals surface area contributed by atoms with E-state index in [0.29, 0.717) is 13.0 Å². The number of likely N-dealkylation sites (tertiary alicyclic amines) is 1. The Bertz CT molecular complexity index is 582. The molecule has 2 aromatic rings. The molecule has 1 aliphatic rings. The minimum Gasteiger partial charge on any atom is -0.335 e. The molecule has 0 spiro atoms. The van der Waals surface area contributed by atoms with Crippen LogP contribution in [-0.2, 0) is 11.3 Å². The molecule has 1 amide bonds. The van der Waals surface area contributed by atoms with Crippen LogP contribution in [0.3, 0.4) is 0 Å². The highest BCUT2D eigenvalue weighted by Gasteiger charge is 2.32. The molecule has 0 N–H and O–H groups in total. The number of carbonyl (C=O) groups excluding carboxylic acids is 1. The summed E-state index contributed by atoms with van der Waals surface area (Å²) < 4.78 is 14.6. The fourth-order valence-electron chi connectivity index (χ4n) is 2.42. The van der Waals surface area contributed by atoms with Crippen molar-refractivity contribution in [3.05, 3.63) is 48.3 Å². The van der Waals surface area contributed by atoms with Crippen LogP contribution in [-0.4, -0.2) is 32.1 Å². The van der Waals surface area contributed by atoms with Crippen molar-refractivity contribution in [3.63, 3.8) is 0 Å². The van der Waals surface area contributed by atoms with Gasteiger partial charge < -0.3 is 4.90 Å². The summed E-state index contributed by atoms with van der Waals surface area (Å²) in [5, 5.41) is 3.97. The van der Waals surface area contributed by atoms with Gasteiger partial charge in [0.1, 0.15) is 18.5 Å². The number of aryl methyl sites for hydroxylation is 1. The molecule has 0 radical (unpaired) electrons. The lowest BCUT2D eigenvalue weighted by Crippen LogP contribution is -2.45. The third-order valence-electron chi connectivity index (χ3n) is 3.62. The summed E-state index contributed by atoms with van der Waals surface area (Å²) >= 11 is 0. The van der Waals surface area contributed by atoms with E-state index in [4.69, 9.17) is 0 Å². The quantitative estimate of drug-likeness (QED) is 0.854. The largest absolute Gasteiger partial charge is 0.335 e.